The molecule has 5 rings (SSSR count). The molecule has 3 fully saturated rings. The van der Waals surface area contributed by atoms with Crippen LogP contribution in [0.3, 0.4) is 0 Å². The van der Waals surface area contributed by atoms with Crippen molar-refractivity contribution in [1.29, 1.82) is 0 Å². The van der Waals surface area contributed by atoms with Crippen LogP contribution in [0, 0.1) is 0 Å². The summed E-state index contributed by atoms with van der Waals surface area (Å²) in [5.41, 5.74) is 3.30. The fourth-order valence-corrected chi connectivity index (χ4v) is 5.81. The topological polar surface area (TPSA) is 81.6 Å². The summed E-state index contributed by atoms with van der Waals surface area (Å²) in [5, 5.41) is 13.4. The van der Waals surface area contributed by atoms with Gasteiger partial charge in [-0.05, 0) is 43.4 Å². The molecule has 7 nitrogen and oxygen atoms in total. The lowest BCUT2D eigenvalue weighted by Gasteiger charge is -2.57. The van der Waals surface area contributed by atoms with Crippen LogP contribution in [0.5, 0.6) is 0 Å². The predicted molar refractivity (Wildman–Crippen MR) is 123 cm³/mol. The minimum Gasteiger partial charge on any atom is -0.395 e. The number of fused-ring (bicyclic) bond motifs is 1. The molecule has 0 bridgehead atoms. The number of aliphatic hydroxyl groups excluding tert-OH is 1. The van der Waals surface area contributed by atoms with Crippen LogP contribution in [0.2, 0.25) is 0 Å². The molecule has 0 spiro atoms. The highest BCUT2D eigenvalue weighted by Crippen LogP contribution is 2.42. The standard InChI is InChI=1S/C25H33N5O2/c31-16-23-24(19-9-7-18(8-10-19)20-13-26-17-27-14-20)22-15-29(11-3-4-12-30(22)23)25(32)28-21-5-1-2-6-21/h7-10,13-14,17,21-24,31H,1-6,11-12,15-16H2,(H,28,32)/t22-,23-,24-/m1/s1. The number of benzene rings is 1. The van der Waals surface area contributed by atoms with Gasteiger partial charge in [-0.1, -0.05) is 37.1 Å². The summed E-state index contributed by atoms with van der Waals surface area (Å²) in [6.45, 7) is 2.66. The molecular formula is C25H33N5O2. The highest BCUT2D eigenvalue weighted by Gasteiger charge is 2.49. The van der Waals surface area contributed by atoms with E-state index in [0.29, 0.717) is 12.6 Å². The average Bonchev–Trinajstić information content (AvgIpc) is 3.32. The molecule has 2 saturated heterocycles. The van der Waals surface area contributed by atoms with Crippen LogP contribution in [0.15, 0.2) is 43.0 Å². The van der Waals surface area contributed by atoms with Crippen molar-refractivity contribution in [2.75, 3.05) is 26.2 Å². The largest absolute Gasteiger partial charge is 0.395 e. The number of nitrogens with zero attached hydrogens (tertiary/aromatic N) is 4. The van der Waals surface area contributed by atoms with E-state index in [9.17, 15) is 9.90 Å². The van der Waals surface area contributed by atoms with Crippen LogP contribution in [0.1, 0.15) is 50.0 Å². The van der Waals surface area contributed by atoms with Crippen LogP contribution in [-0.2, 0) is 0 Å². The van der Waals surface area contributed by atoms with Gasteiger partial charge >= 0.3 is 6.03 Å². The Bertz CT molecular complexity index is 900. The highest BCUT2D eigenvalue weighted by molar-refractivity contribution is 5.74. The van der Waals surface area contributed by atoms with E-state index < -0.39 is 0 Å². The van der Waals surface area contributed by atoms with E-state index >= 15 is 0 Å². The Hall–Kier alpha value is -2.51. The molecule has 1 saturated carbocycles. The van der Waals surface area contributed by atoms with Gasteiger partial charge in [0.15, 0.2) is 0 Å². The maximum absolute atomic E-state index is 13.0. The number of aromatic nitrogens is 2. The monoisotopic (exact) mass is 435 g/mol. The minimum atomic E-state index is 0.0874. The second-order valence-corrected chi connectivity index (χ2v) is 9.41. The molecule has 1 aromatic carbocycles. The maximum atomic E-state index is 13.0. The van der Waals surface area contributed by atoms with Crippen molar-refractivity contribution >= 4 is 6.03 Å². The van der Waals surface area contributed by atoms with Gasteiger partial charge in [-0.2, -0.15) is 0 Å². The van der Waals surface area contributed by atoms with Crippen molar-refractivity contribution < 1.29 is 9.90 Å². The van der Waals surface area contributed by atoms with E-state index in [2.05, 4.69) is 44.5 Å². The number of nitrogens with one attached hydrogen (secondary N) is 1. The molecule has 2 aliphatic heterocycles. The van der Waals surface area contributed by atoms with Gasteiger partial charge in [0.05, 0.1) is 6.61 Å². The van der Waals surface area contributed by atoms with Gasteiger partial charge in [-0.15, -0.1) is 0 Å². The van der Waals surface area contributed by atoms with Gasteiger partial charge in [-0.25, -0.2) is 14.8 Å². The van der Waals surface area contributed by atoms with Gasteiger partial charge in [0.1, 0.15) is 6.33 Å². The quantitative estimate of drug-likeness (QED) is 0.772. The number of aliphatic hydroxyl groups is 1. The Labute approximate surface area is 189 Å². The molecule has 2 amide bonds. The Balaban J connectivity index is 1.33. The third-order valence-electron chi connectivity index (χ3n) is 7.53. The van der Waals surface area contributed by atoms with E-state index in [-0.39, 0.29) is 30.6 Å². The molecule has 0 unspecified atom stereocenters. The molecule has 3 atom stereocenters. The molecule has 170 valence electrons. The van der Waals surface area contributed by atoms with Crippen LogP contribution < -0.4 is 5.32 Å². The first kappa shape index (κ1) is 21.3. The van der Waals surface area contributed by atoms with Gasteiger partial charge in [0.25, 0.3) is 0 Å². The molecule has 7 heteroatoms. The van der Waals surface area contributed by atoms with Gasteiger partial charge in [0.2, 0.25) is 0 Å². The first-order valence-corrected chi connectivity index (χ1v) is 12.0. The maximum Gasteiger partial charge on any atom is 0.317 e. The normalized spacial score (nSPS) is 26.7. The molecule has 2 N–H and O–H groups in total. The summed E-state index contributed by atoms with van der Waals surface area (Å²) in [6.07, 6.45) is 11.9. The number of urea groups is 1. The van der Waals surface area contributed by atoms with Crippen molar-refractivity contribution in [2.24, 2.45) is 0 Å². The van der Waals surface area contributed by atoms with Crippen LogP contribution in [0.25, 0.3) is 11.1 Å². The van der Waals surface area contributed by atoms with Crippen LogP contribution >= 0.6 is 0 Å². The second kappa shape index (κ2) is 9.55. The average molecular weight is 436 g/mol. The molecule has 1 aliphatic carbocycles. The Morgan fingerprint density at radius 1 is 1.00 bits per heavy atom. The molecule has 2 aromatic rings. The molecule has 1 aromatic heterocycles. The summed E-state index contributed by atoms with van der Waals surface area (Å²) in [7, 11) is 0. The SMILES string of the molecule is O=C(NC1CCCC1)N1CCCCN2[C@H](CO)[C@H](c3ccc(-c4cncnc4)cc3)[C@H]2C1. The second-order valence-electron chi connectivity index (χ2n) is 9.41. The zero-order valence-electron chi connectivity index (χ0n) is 18.6. The third-order valence-corrected chi connectivity index (χ3v) is 7.53. The third kappa shape index (κ3) is 4.24. The van der Waals surface area contributed by atoms with Crippen molar-refractivity contribution in [2.45, 2.75) is 62.6 Å². The Morgan fingerprint density at radius 3 is 2.44 bits per heavy atom. The molecule has 3 aliphatic rings. The number of carbonyl (C=O) groups is 1. The fraction of sp³-hybridized carbons (Fsp3) is 0.560. The molecular weight excluding hydrogens is 402 g/mol. The zero-order chi connectivity index (χ0) is 21.9. The van der Waals surface area contributed by atoms with Gasteiger partial charge < -0.3 is 15.3 Å². The van der Waals surface area contributed by atoms with Crippen molar-refractivity contribution in [3.05, 3.63) is 48.5 Å². The lowest BCUT2D eigenvalue weighted by Crippen LogP contribution is -2.68. The zero-order valence-corrected chi connectivity index (χ0v) is 18.6. The van der Waals surface area contributed by atoms with Crippen molar-refractivity contribution in [1.82, 2.24) is 25.1 Å². The van der Waals surface area contributed by atoms with E-state index in [1.54, 1.807) is 0 Å². The molecule has 0 radical (unpaired) electrons. The first-order valence-electron chi connectivity index (χ1n) is 12.0. The summed E-state index contributed by atoms with van der Waals surface area (Å²) < 4.78 is 0. The smallest absolute Gasteiger partial charge is 0.317 e. The summed E-state index contributed by atoms with van der Waals surface area (Å²) in [5.74, 6) is 0.223. The fourth-order valence-electron chi connectivity index (χ4n) is 5.81. The summed E-state index contributed by atoms with van der Waals surface area (Å²) in [4.78, 5) is 25.7. The van der Waals surface area contributed by atoms with E-state index in [1.165, 1.54) is 24.7 Å². The van der Waals surface area contributed by atoms with Crippen LogP contribution in [0.4, 0.5) is 4.79 Å². The number of amides is 2. The first-order chi connectivity index (χ1) is 15.7. The van der Waals surface area contributed by atoms with E-state index in [0.717, 1.165) is 49.9 Å². The lowest BCUT2D eigenvalue weighted by molar-refractivity contribution is -0.0591. The van der Waals surface area contributed by atoms with Crippen LogP contribution in [-0.4, -0.2) is 75.3 Å². The highest BCUT2D eigenvalue weighted by atomic mass is 16.3. The number of hydrogen-bond donors (Lipinski definition) is 2. The summed E-state index contributed by atoms with van der Waals surface area (Å²) in [6, 6.07) is 9.32. The summed E-state index contributed by atoms with van der Waals surface area (Å²) >= 11 is 0. The van der Waals surface area contributed by atoms with E-state index in [4.69, 9.17) is 0 Å². The predicted octanol–water partition coefficient (Wildman–Crippen LogP) is 3.02. The van der Waals surface area contributed by atoms with Crippen molar-refractivity contribution in [3.8, 4) is 11.1 Å². The van der Waals surface area contributed by atoms with Gasteiger partial charge in [-0.3, -0.25) is 4.90 Å². The minimum absolute atomic E-state index is 0.0874. The Morgan fingerprint density at radius 2 is 1.72 bits per heavy atom. The van der Waals surface area contributed by atoms with Crippen molar-refractivity contribution in [3.63, 3.8) is 0 Å². The Kier molecular flexibility index (Phi) is 6.37. The molecule has 3 heterocycles. The molecule has 32 heavy (non-hydrogen) atoms. The van der Waals surface area contributed by atoms with E-state index in [1.807, 2.05) is 17.3 Å². The number of carbonyl (C=O) groups excluding carboxylic acids is 1. The van der Waals surface area contributed by atoms with Gasteiger partial charge in [0, 0.05) is 55.1 Å². The lowest BCUT2D eigenvalue weighted by atomic mass is 9.74. The number of rotatable bonds is 4. The number of hydrogen-bond acceptors (Lipinski definition) is 5.